The van der Waals surface area contributed by atoms with Gasteiger partial charge in [0.25, 0.3) is 5.91 Å². The van der Waals surface area contributed by atoms with Gasteiger partial charge in [-0.25, -0.2) is 9.97 Å². The van der Waals surface area contributed by atoms with Crippen LogP contribution in [0.1, 0.15) is 21.6 Å². The summed E-state index contributed by atoms with van der Waals surface area (Å²) in [6.07, 6.45) is 3.42. The van der Waals surface area contributed by atoms with Crippen molar-refractivity contribution < 1.29 is 9.53 Å². The summed E-state index contributed by atoms with van der Waals surface area (Å²) in [6.45, 7) is 6.52. The molecule has 2 aromatic heterocycles. The molecule has 0 N–H and O–H groups in total. The average molecular weight is 347 g/mol. The van der Waals surface area contributed by atoms with E-state index in [2.05, 4.69) is 16.5 Å². The number of nitrogens with zero attached hydrogens (tertiary/aromatic N) is 3. The highest BCUT2D eigenvalue weighted by Crippen LogP contribution is 2.19. The van der Waals surface area contributed by atoms with Crippen molar-refractivity contribution in [2.75, 3.05) is 13.7 Å². The SMILES string of the molecule is C=CCN(Cc1cccc(OC)c1)C(=O)c1cc2cccnc2nc1C. The Morgan fingerprint density at radius 2 is 2.12 bits per heavy atom. The van der Waals surface area contributed by atoms with Gasteiger partial charge in [-0.15, -0.1) is 6.58 Å². The molecule has 0 saturated heterocycles. The van der Waals surface area contributed by atoms with Crippen molar-refractivity contribution in [2.24, 2.45) is 0 Å². The highest BCUT2D eigenvalue weighted by atomic mass is 16.5. The Bertz CT molecular complexity index is 953. The number of aryl methyl sites for hydroxylation is 1. The van der Waals surface area contributed by atoms with Crippen molar-refractivity contribution in [1.29, 1.82) is 0 Å². The van der Waals surface area contributed by atoms with Crippen LogP contribution in [0.25, 0.3) is 11.0 Å². The molecule has 0 radical (unpaired) electrons. The maximum absolute atomic E-state index is 13.1. The van der Waals surface area contributed by atoms with E-state index in [1.54, 1.807) is 24.3 Å². The normalized spacial score (nSPS) is 10.5. The van der Waals surface area contributed by atoms with Gasteiger partial charge in [0.2, 0.25) is 0 Å². The standard InChI is InChI=1S/C21H21N3O2/c1-4-11-24(14-16-7-5-9-18(12-16)26-3)21(25)19-13-17-8-6-10-22-20(17)23-15(19)2/h4-10,12-13H,1,11,14H2,2-3H3. The van der Waals surface area contributed by atoms with Gasteiger partial charge in [0, 0.05) is 24.7 Å². The van der Waals surface area contributed by atoms with Crippen LogP contribution in [0, 0.1) is 6.92 Å². The van der Waals surface area contributed by atoms with Crippen molar-refractivity contribution in [3.8, 4) is 5.75 Å². The van der Waals surface area contributed by atoms with E-state index in [1.165, 1.54) is 0 Å². The molecule has 0 saturated carbocycles. The number of methoxy groups -OCH3 is 1. The molecule has 0 aliphatic carbocycles. The number of carbonyl (C=O) groups is 1. The first-order valence-corrected chi connectivity index (χ1v) is 8.38. The van der Waals surface area contributed by atoms with E-state index in [4.69, 9.17) is 4.74 Å². The van der Waals surface area contributed by atoms with E-state index in [-0.39, 0.29) is 5.91 Å². The lowest BCUT2D eigenvalue weighted by atomic mass is 10.1. The zero-order valence-corrected chi connectivity index (χ0v) is 15.0. The van der Waals surface area contributed by atoms with Gasteiger partial charge >= 0.3 is 0 Å². The number of rotatable bonds is 6. The van der Waals surface area contributed by atoms with Crippen LogP contribution in [0.4, 0.5) is 0 Å². The molecule has 0 aliphatic heterocycles. The summed E-state index contributed by atoms with van der Waals surface area (Å²) in [5.74, 6) is 0.687. The number of ether oxygens (including phenoxy) is 1. The third-order valence-corrected chi connectivity index (χ3v) is 4.15. The van der Waals surface area contributed by atoms with Crippen molar-refractivity contribution in [2.45, 2.75) is 13.5 Å². The number of amides is 1. The molecule has 5 heteroatoms. The Morgan fingerprint density at radius 3 is 2.88 bits per heavy atom. The van der Waals surface area contributed by atoms with Crippen molar-refractivity contribution in [3.05, 3.63) is 78.1 Å². The molecule has 0 unspecified atom stereocenters. The molecule has 26 heavy (non-hydrogen) atoms. The summed E-state index contributed by atoms with van der Waals surface area (Å²) in [7, 11) is 1.63. The Hall–Kier alpha value is -3.21. The Morgan fingerprint density at radius 1 is 1.27 bits per heavy atom. The van der Waals surface area contributed by atoms with Crippen LogP contribution in [-0.4, -0.2) is 34.4 Å². The summed E-state index contributed by atoms with van der Waals surface area (Å²) < 4.78 is 5.27. The van der Waals surface area contributed by atoms with Crippen LogP contribution in [0.3, 0.4) is 0 Å². The molecule has 1 amide bonds. The highest BCUT2D eigenvalue weighted by Gasteiger charge is 2.19. The first kappa shape index (κ1) is 17.6. The summed E-state index contributed by atoms with van der Waals surface area (Å²) in [4.78, 5) is 23.6. The average Bonchev–Trinajstić information content (AvgIpc) is 2.66. The predicted octanol–water partition coefficient (Wildman–Crippen LogP) is 3.78. The molecule has 3 rings (SSSR count). The number of pyridine rings is 2. The molecule has 0 fully saturated rings. The summed E-state index contributed by atoms with van der Waals surface area (Å²) >= 11 is 0. The smallest absolute Gasteiger partial charge is 0.256 e. The van der Waals surface area contributed by atoms with Gasteiger partial charge in [-0.2, -0.15) is 0 Å². The molecule has 5 nitrogen and oxygen atoms in total. The molecule has 0 spiro atoms. The second-order valence-corrected chi connectivity index (χ2v) is 6.00. The summed E-state index contributed by atoms with van der Waals surface area (Å²) in [6, 6.07) is 13.3. The molecule has 2 heterocycles. The summed E-state index contributed by atoms with van der Waals surface area (Å²) in [5.41, 5.74) is 2.88. The van der Waals surface area contributed by atoms with Crippen molar-refractivity contribution in [1.82, 2.24) is 14.9 Å². The number of hydrogen-bond acceptors (Lipinski definition) is 4. The van der Waals surface area contributed by atoms with Gasteiger partial charge in [0.05, 0.1) is 18.4 Å². The fourth-order valence-electron chi connectivity index (χ4n) is 2.85. The molecule has 132 valence electrons. The van der Waals surface area contributed by atoms with E-state index in [0.29, 0.717) is 30.0 Å². The molecule has 0 atom stereocenters. The van der Waals surface area contributed by atoms with Crippen molar-refractivity contribution in [3.63, 3.8) is 0 Å². The number of fused-ring (bicyclic) bond motifs is 1. The minimum absolute atomic E-state index is 0.0801. The van der Waals surface area contributed by atoms with Gasteiger partial charge in [-0.3, -0.25) is 4.79 Å². The largest absolute Gasteiger partial charge is 0.497 e. The Balaban J connectivity index is 1.93. The number of hydrogen-bond donors (Lipinski definition) is 0. The molecule has 1 aromatic carbocycles. The molecule has 3 aromatic rings. The quantitative estimate of drug-likeness (QED) is 0.637. The lowest BCUT2D eigenvalue weighted by Crippen LogP contribution is -2.31. The van der Waals surface area contributed by atoms with Crippen molar-refractivity contribution >= 4 is 16.9 Å². The van der Waals surface area contributed by atoms with Gasteiger partial charge in [-0.05, 0) is 42.8 Å². The maximum atomic E-state index is 13.1. The van der Waals surface area contributed by atoms with Crippen LogP contribution in [0.5, 0.6) is 5.75 Å². The minimum Gasteiger partial charge on any atom is -0.497 e. The summed E-state index contributed by atoms with van der Waals surface area (Å²) in [5, 5.41) is 0.849. The van der Waals surface area contributed by atoms with Gasteiger partial charge < -0.3 is 9.64 Å². The van der Waals surface area contributed by atoms with E-state index in [1.807, 2.05) is 49.4 Å². The van der Waals surface area contributed by atoms with E-state index in [0.717, 1.165) is 16.7 Å². The molecule has 0 bridgehead atoms. The highest BCUT2D eigenvalue weighted by molar-refractivity contribution is 5.98. The Labute approximate surface area is 153 Å². The van der Waals surface area contributed by atoms with E-state index >= 15 is 0 Å². The maximum Gasteiger partial charge on any atom is 0.256 e. The molecule has 0 aliphatic rings. The fourth-order valence-corrected chi connectivity index (χ4v) is 2.85. The first-order valence-electron chi connectivity index (χ1n) is 8.38. The predicted molar refractivity (Wildman–Crippen MR) is 102 cm³/mol. The number of aromatic nitrogens is 2. The topological polar surface area (TPSA) is 55.3 Å². The lowest BCUT2D eigenvalue weighted by molar-refractivity contribution is 0.0761. The van der Waals surface area contributed by atoms with Crippen LogP contribution in [-0.2, 0) is 6.54 Å². The minimum atomic E-state index is -0.0801. The van der Waals surface area contributed by atoms with E-state index in [9.17, 15) is 4.79 Å². The van der Waals surface area contributed by atoms with Crippen LogP contribution in [0.2, 0.25) is 0 Å². The van der Waals surface area contributed by atoms with Gasteiger partial charge in [0.15, 0.2) is 5.65 Å². The second-order valence-electron chi connectivity index (χ2n) is 6.00. The van der Waals surface area contributed by atoms with Gasteiger partial charge in [0.1, 0.15) is 5.75 Å². The lowest BCUT2D eigenvalue weighted by Gasteiger charge is -2.22. The van der Waals surface area contributed by atoms with Crippen LogP contribution < -0.4 is 4.74 Å². The second kappa shape index (κ2) is 7.78. The third kappa shape index (κ3) is 3.72. The molecular weight excluding hydrogens is 326 g/mol. The zero-order chi connectivity index (χ0) is 18.5. The van der Waals surface area contributed by atoms with Crippen LogP contribution in [0.15, 0.2) is 61.3 Å². The van der Waals surface area contributed by atoms with Gasteiger partial charge in [-0.1, -0.05) is 18.2 Å². The fraction of sp³-hybridized carbons (Fsp3) is 0.190. The first-order chi connectivity index (χ1) is 12.6. The monoisotopic (exact) mass is 347 g/mol. The number of benzene rings is 1. The van der Waals surface area contributed by atoms with Crippen LogP contribution >= 0.6 is 0 Å². The Kier molecular flexibility index (Phi) is 5.27. The zero-order valence-electron chi connectivity index (χ0n) is 15.0. The molecular formula is C21H21N3O2. The number of carbonyl (C=O) groups excluding carboxylic acids is 1. The third-order valence-electron chi connectivity index (χ3n) is 4.15. The van der Waals surface area contributed by atoms with E-state index < -0.39 is 0 Å².